The van der Waals surface area contributed by atoms with Gasteiger partial charge in [0, 0.05) is 5.56 Å². The van der Waals surface area contributed by atoms with Crippen LogP contribution in [0.25, 0.3) is 11.4 Å². The Morgan fingerprint density at radius 3 is 2.90 bits per heavy atom. The van der Waals surface area contributed by atoms with E-state index in [0.29, 0.717) is 17.3 Å². The van der Waals surface area contributed by atoms with Crippen LogP contribution in [-0.2, 0) is 5.54 Å². The SMILES string of the molecule is Cc1cc(-c2noc(C3(C)CCCCN3)n2)ccc1F. The van der Waals surface area contributed by atoms with Crippen LogP contribution in [0.15, 0.2) is 22.7 Å². The van der Waals surface area contributed by atoms with E-state index in [1.165, 1.54) is 12.5 Å². The van der Waals surface area contributed by atoms with Gasteiger partial charge in [-0.3, -0.25) is 0 Å². The van der Waals surface area contributed by atoms with Gasteiger partial charge >= 0.3 is 0 Å². The van der Waals surface area contributed by atoms with Gasteiger partial charge in [-0.15, -0.1) is 0 Å². The lowest BCUT2D eigenvalue weighted by Crippen LogP contribution is -2.43. The summed E-state index contributed by atoms with van der Waals surface area (Å²) >= 11 is 0. The number of piperidine rings is 1. The van der Waals surface area contributed by atoms with Crippen molar-refractivity contribution in [1.82, 2.24) is 15.5 Å². The second kappa shape index (κ2) is 4.98. The van der Waals surface area contributed by atoms with Crippen LogP contribution in [0.3, 0.4) is 0 Å². The number of benzene rings is 1. The molecular weight excluding hydrogens is 257 g/mol. The summed E-state index contributed by atoms with van der Waals surface area (Å²) in [5.41, 5.74) is 1.10. The Morgan fingerprint density at radius 1 is 1.35 bits per heavy atom. The smallest absolute Gasteiger partial charge is 0.246 e. The molecule has 0 spiro atoms. The van der Waals surface area contributed by atoms with Gasteiger partial charge in [-0.1, -0.05) is 5.16 Å². The van der Waals surface area contributed by atoms with Gasteiger partial charge in [-0.05, 0) is 63.4 Å². The number of halogens is 1. The molecule has 0 amide bonds. The zero-order valence-corrected chi connectivity index (χ0v) is 11.7. The highest BCUT2D eigenvalue weighted by Crippen LogP contribution is 2.30. The topological polar surface area (TPSA) is 51.0 Å². The van der Waals surface area contributed by atoms with E-state index in [9.17, 15) is 4.39 Å². The Bertz CT molecular complexity index is 617. The minimum Gasteiger partial charge on any atom is -0.337 e. The molecule has 106 valence electrons. The maximum atomic E-state index is 13.3. The molecule has 2 aromatic rings. The number of aryl methyl sites for hydroxylation is 1. The van der Waals surface area contributed by atoms with Crippen LogP contribution >= 0.6 is 0 Å². The van der Waals surface area contributed by atoms with Gasteiger partial charge in [-0.2, -0.15) is 4.98 Å². The second-order valence-electron chi connectivity index (χ2n) is 5.60. The molecule has 1 fully saturated rings. The molecule has 1 saturated heterocycles. The van der Waals surface area contributed by atoms with Crippen molar-refractivity contribution in [3.05, 3.63) is 35.5 Å². The lowest BCUT2D eigenvalue weighted by atomic mass is 9.91. The summed E-state index contributed by atoms with van der Waals surface area (Å²) in [4.78, 5) is 4.48. The van der Waals surface area contributed by atoms with E-state index < -0.39 is 0 Å². The average molecular weight is 275 g/mol. The molecule has 4 nitrogen and oxygen atoms in total. The van der Waals surface area contributed by atoms with E-state index in [1.54, 1.807) is 19.1 Å². The number of rotatable bonds is 2. The maximum Gasteiger partial charge on any atom is 0.246 e. The van der Waals surface area contributed by atoms with Crippen molar-refractivity contribution in [2.45, 2.75) is 38.6 Å². The minimum atomic E-state index is -0.251. The van der Waals surface area contributed by atoms with Crippen LogP contribution in [-0.4, -0.2) is 16.7 Å². The largest absolute Gasteiger partial charge is 0.337 e. The highest BCUT2D eigenvalue weighted by molar-refractivity contribution is 5.55. The monoisotopic (exact) mass is 275 g/mol. The molecule has 1 atom stereocenters. The van der Waals surface area contributed by atoms with E-state index >= 15 is 0 Å². The third-order valence-corrected chi connectivity index (χ3v) is 3.93. The van der Waals surface area contributed by atoms with Gasteiger partial charge in [0.1, 0.15) is 5.82 Å². The standard InChI is InChI=1S/C15H18FN3O/c1-10-9-11(5-6-12(10)16)13-18-14(20-19-13)15(2)7-3-4-8-17-15/h5-6,9,17H,3-4,7-8H2,1-2H3. The fourth-order valence-electron chi connectivity index (χ4n) is 2.59. The summed E-state index contributed by atoms with van der Waals surface area (Å²) < 4.78 is 18.7. The molecule has 0 aliphatic carbocycles. The highest BCUT2D eigenvalue weighted by atomic mass is 19.1. The van der Waals surface area contributed by atoms with Crippen molar-refractivity contribution >= 4 is 0 Å². The van der Waals surface area contributed by atoms with Gasteiger partial charge in [-0.25, -0.2) is 4.39 Å². The fourth-order valence-corrected chi connectivity index (χ4v) is 2.59. The molecule has 1 aliphatic rings. The summed E-state index contributed by atoms with van der Waals surface area (Å²) in [5.74, 6) is 0.893. The summed E-state index contributed by atoms with van der Waals surface area (Å²) in [6.45, 7) is 4.77. The number of hydrogen-bond donors (Lipinski definition) is 1. The third-order valence-electron chi connectivity index (χ3n) is 3.93. The number of hydrogen-bond acceptors (Lipinski definition) is 4. The molecule has 1 aromatic heterocycles. The summed E-state index contributed by atoms with van der Waals surface area (Å²) in [6, 6.07) is 4.84. The normalized spacial score (nSPS) is 22.9. The Labute approximate surface area is 117 Å². The van der Waals surface area contributed by atoms with Crippen LogP contribution in [0.2, 0.25) is 0 Å². The summed E-state index contributed by atoms with van der Waals surface area (Å²) in [7, 11) is 0. The number of nitrogens with one attached hydrogen (secondary N) is 1. The molecule has 2 heterocycles. The zero-order valence-electron chi connectivity index (χ0n) is 11.7. The molecule has 0 bridgehead atoms. The van der Waals surface area contributed by atoms with Gasteiger partial charge in [0.2, 0.25) is 11.7 Å². The van der Waals surface area contributed by atoms with E-state index in [-0.39, 0.29) is 11.4 Å². The van der Waals surface area contributed by atoms with Gasteiger partial charge < -0.3 is 9.84 Å². The Kier molecular flexibility index (Phi) is 3.30. The summed E-state index contributed by atoms with van der Waals surface area (Å²) in [6.07, 6.45) is 3.31. The highest BCUT2D eigenvalue weighted by Gasteiger charge is 2.34. The first-order chi connectivity index (χ1) is 9.58. The van der Waals surface area contributed by atoms with Crippen molar-refractivity contribution in [3.8, 4) is 11.4 Å². The van der Waals surface area contributed by atoms with Crippen molar-refractivity contribution in [1.29, 1.82) is 0 Å². The van der Waals surface area contributed by atoms with Crippen LogP contribution in [0, 0.1) is 12.7 Å². The van der Waals surface area contributed by atoms with Gasteiger partial charge in [0.25, 0.3) is 0 Å². The van der Waals surface area contributed by atoms with Crippen molar-refractivity contribution < 1.29 is 8.91 Å². The zero-order chi connectivity index (χ0) is 14.2. The van der Waals surface area contributed by atoms with E-state index in [2.05, 4.69) is 22.4 Å². The molecule has 1 aliphatic heterocycles. The minimum absolute atomic E-state index is 0.224. The van der Waals surface area contributed by atoms with E-state index in [0.717, 1.165) is 24.9 Å². The van der Waals surface area contributed by atoms with Gasteiger partial charge in [0.05, 0.1) is 5.54 Å². The molecule has 5 heteroatoms. The first kappa shape index (κ1) is 13.2. The predicted octanol–water partition coefficient (Wildman–Crippen LogP) is 3.17. The quantitative estimate of drug-likeness (QED) is 0.914. The van der Waals surface area contributed by atoms with E-state index in [1.807, 2.05) is 0 Å². The molecular formula is C15H18FN3O. The van der Waals surface area contributed by atoms with Crippen LogP contribution in [0.4, 0.5) is 4.39 Å². The molecule has 20 heavy (non-hydrogen) atoms. The Morgan fingerprint density at radius 2 is 2.20 bits per heavy atom. The predicted molar refractivity (Wildman–Crippen MR) is 73.6 cm³/mol. The van der Waals surface area contributed by atoms with Gasteiger partial charge in [0.15, 0.2) is 0 Å². The summed E-state index contributed by atoms with van der Waals surface area (Å²) in [5, 5.41) is 7.47. The lowest BCUT2D eigenvalue weighted by molar-refractivity contribution is 0.207. The van der Waals surface area contributed by atoms with Crippen molar-refractivity contribution in [3.63, 3.8) is 0 Å². The molecule has 0 radical (unpaired) electrons. The molecule has 0 saturated carbocycles. The molecule has 1 aromatic carbocycles. The number of nitrogens with zero attached hydrogens (tertiary/aromatic N) is 2. The molecule has 1 N–H and O–H groups in total. The fraction of sp³-hybridized carbons (Fsp3) is 0.467. The van der Waals surface area contributed by atoms with E-state index in [4.69, 9.17) is 4.52 Å². The first-order valence-corrected chi connectivity index (χ1v) is 6.94. The second-order valence-corrected chi connectivity index (χ2v) is 5.60. The third kappa shape index (κ3) is 2.33. The molecule has 3 rings (SSSR count). The molecule has 1 unspecified atom stereocenters. The van der Waals surface area contributed by atoms with Crippen molar-refractivity contribution in [2.24, 2.45) is 0 Å². The Hall–Kier alpha value is -1.75. The van der Waals surface area contributed by atoms with Crippen molar-refractivity contribution in [2.75, 3.05) is 6.54 Å². The maximum absolute atomic E-state index is 13.3. The van der Waals surface area contributed by atoms with Crippen LogP contribution < -0.4 is 5.32 Å². The van der Waals surface area contributed by atoms with Crippen LogP contribution in [0.5, 0.6) is 0 Å². The Balaban J connectivity index is 1.91. The average Bonchev–Trinajstić information content (AvgIpc) is 2.93. The number of aromatic nitrogens is 2. The van der Waals surface area contributed by atoms with Crippen LogP contribution in [0.1, 0.15) is 37.6 Å². The lowest BCUT2D eigenvalue weighted by Gasteiger charge is -2.31. The first-order valence-electron chi connectivity index (χ1n) is 6.94.